The van der Waals surface area contributed by atoms with E-state index in [1.54, 1.807) is 0 Å². The minimum absolute atomic E-state index is 0.347. The maximum atomic E-state index is 8.64. The minimum atomic E-state index is 0.347. The lowest BCUT2D eigenvalue weighted by atomic mass is 9.90. The van der Waals surface area contributed by atoms with Crippen LogP contribution in [0.15, 0.2) is 60.8 Å². The van der Waals surface area contributed by atoms with Crippen molar-refractivity contribution < 1.29 is 10.2 Å². The Bertz CT molecular complexity index is 1230. The molecule has 0 aliphatic heterocycles. The Balaban J connectivity index is -0.000000506. The smallest absolute Gasteiger partial charge is 0.0431 e. The number of hydrogen-bond acceptors (Lipinski definition) is 2. The molecule has 0 amide bonds. The van der Waals surface area contributed by atoms with E-state index in [4.69, 9.17) is 10.2 Å². The minimum Gasteiger partial charge on any atom is -0.396 e. The number of aliphatic hydroxyl groups excluding tert-OH is 2. The summed E-state index contributed by atoms with van der Waals surface area (Å²) in [7, 11) is 0. The van der Waals surface area contributed by atoms with Crippen LogP contribution >= 0.6 is 0 Å². The van der Waals surface area contributed by atoms with Crippen molar-refractivity contribution in [3.8, 4) is 0 Å². The van der Waals surface area contributed by atoms with Crippen LogP contribution in [0.3, 0.4) is 0 Å². The van der Waals surface area contributed by atoms with E-state index >= 15 is 0 Å². The van der Waals surface area contributed by atoms with E-state index in [1.165, 1.54) is 327 Å². The molecule has 85 heavy (non-hydrogen) atoms. The summed E-state index contributed by atoms with van der Waals surface area (Å²) in [5, 5.41) is 17.3. The predicted molar refractivity (Wildman–Crippen MR) is 394 cm³/mol. The van der Waals surface area contributed by atoms with Gasteiger partial charge in [-0.3, -0.25) is 0 Å². The summed E-state index contributed by atoms with van der Waals surface area (Å²) in [5.41, 5.74) is 0. The summed E-state index contributed by atoms with van der Waals surface area (Å²) >= 11 is 0. The van der Waals surface area contributed by atoms with Crippen molar-refractivity contribution in [3.05, 3.63) is 60.8 Å². The fourth-order valence-electron chi connectivity index (χ4n) is 11.5. The van der Waals surface area contributed by atoms with Crippen molar-refractivity contribution in [1.82, 2.24) is 0 Å². The third kappa shape index (κ3) is 91.5. The van der Waals surface area contributed by atoms with Crippen molar-refractivity contribution in [2.24, 2.45) is 23.7 Å². The highest BCUT2D eigenvalue weighted by molar-refractivity contribution is 4.97. The zero-order chi connectivity index (χ0) is 63.1. The van der Waals surface area contributed by atoms with Crippen molar-refractivity contribution in [2.75, 3.05) is 13.2 Å². The molecular formula is C83H164O2. The first-order valence-corrected chi connectivity index (χ1v) is 39.2. The zero-order valence-electron chi connectivity index (χ0n) is 60.7. The summed E-state index contributed by atoms with van der Waals surface area (Å²) in [6.45, 7) is 24.1. The van der Waals surface area contributed by atoms with Crippen molar-refractivity contribution >= 4 is 0 Å². The van der Waals surface area contributed by atoms with E-state index in [1.807, 2.05) is 0 Å². The monoisotopic (exact) mass is 1190 g/mol. The molecule has 1 fully saturated rings. The highest BCUT2D eigenvalue weighted by Crippen LogP contribution is 2.25. The van der Waals surface area contributed by atoms with Crippen molar-refractivity contribution in [2.45, 2.75) is 435 Å². The molecule has 1 saturated carbocycles. The van der Waals surface area contributed by atoms with Gasteiger partial charge in [0.15, 0.2) is 0 Å². The highest BCUT2D eigenvalue weighted by Gasteiger charge is 2.09. The molecule has 0 heterocycles. The standard InChI is InChI=1S/C27H56.C17H32O.C17H30O.C16H34.C6H12/c1-7-17-25(5)21-16-23-27(9-3)22-14-12-10-11-13-18-26(6)20-15-19-24(4)8-2;2*1-2-3-4-5-6-7-8-9-10-11-12-13-14-15-16-17-18;1-3-5-7-9-11-13-15-16-14-12-10-8-6-4-2;1-2-4-6-5-3-1/h24-27H,7-23H2,1-6H3;6-7,9-10,18H,2-5,8,11-17H2,1H3;3-4,6-7,9-10,18H,2,5,8,11-17H2,1H3;3-16H2,1-2H3;1-6H2/b;7-6-,10-9-;4-3-,7-6-,10-9-;;. The maximum absolute atomic E-state index is 8.64. The number of unbranched alkanes of at least 4 members (excludes halogenated alkanes) is 30. The second-order valence-corrected chi connectivity index (χ2v) is 26.9. The first-order valence-electron chi connectivity index (χ1n) is 39.2. The van der Waals surface area contributed by atoms with Crippen LogP contribution in [0.1, 0.15) is 435 Å². The third-order valence-corrected chi connectivity index (χ3v) is 17.9. The van der Waals surface area contributed by atoms with Gasteiger partial charge in [0.05, 0.1) is 0 Å². The van der Waals surface area contributed by atoms with Crippen molar-refractivity contribution in [1.29, 1.82) is 0 Å². The first kappa shape index (κ1) is 90.0. The molecule has 4 atom stereocenters. The summed E-state index contributed by atoms with van der Waals surface area (Å²) in [6, 6.07) is 0. The molecule has 1 aliphatic rings. The van der Waals surface area contributed by atoms with Crippen molar-refractivity contribution in [3.63, 3.8) is 0 Å². The molecule has 0 spiro atoms. The van der Waals surface area contributed by atoms with Crippen LogP contribution < -0.4 is 0 Å². The number of hydrogen-bond donors (Lipinski definition) is 2. The average molecular weight is 1190 g/mol. The molecule has 2 heteroatoms. The lowest BCUT2D eigenvalue weighted by Gasteiger charge is -2.16. The molecule has 508 valence electrons. The number of aliphatic hydroxyl groups is 2. The van der Waals surface area contributed by atoms with E-state index in [-0.39, 0.29) is 0 Å². The van der Waals surface area contributed by atoms with E-state index in [0.29, 0.717) is 13.2 Å². The molecule has 1 rings (SSSR count). The lowest BCUT2D eigenvalue weighted by molar-refractivity contribution is 0.282. The fourth-order valence-corrected chi connectivity index (χ4v) is 11.5. The molecule has 0 saturated heterocycles. The molecule has 0 aromatic carbocycles. The van der Waals surface area contributed by atoms with Gasteiger partial charge in [0.2, 0.25) is 0 Å². The van der Waals surface area contributed by atoms with E-state index in [9.17, 15) is 0 Å². The van der Waals surface area contributed by atoms with Gasteiger partial charge >= 0.3 is 0 Å². The molecule has 2 N–H and O–H groups in total. The van der Waals surface area contributed by atoms with E-state index < -0.39 is 0 Å². The van der Waals surface area contributed by atoms with Gasteiger partial charge in [-0.15, -0.1) is 0 Å². The second kappa shape index (κ2) is 86.8. The Morgan fingerprint density at radius 2 is 0.529 bits per heavy atom. The Morgan fingerprint density at radius 3 is 0.906 bits per heavy atom. The molecule has 2 nitrogen and oxygen atoms in total. The molecule has 0 aromatic heterocycles. The Hall–Kier alpha value is -1.38. The Kier molecular flexibility index (Phi) is 92.0. The van der Waals surface area contributed by atoms with Gasteiger partial charge in [-0.2, -0.15) is 0 Å². The summed E-state index contributed by atoms with van der Waals surface area (Å²) < 4.78 is 0. The Morgan fingerprint density at radius 1 is 0.247 bits per heavy atom. The summed E-state index contributed by atoms with van der Waals surface area (Å²) in [5.74, 6) is 3.84. The zero-order valence-corrected chi connectivity index (χ0v) is 60.7. The molecule has 4 unspecified atom stereocenters. The maximum Gasteiger partial charge on any atom is 0.0431 e. The number of rotatable bonds is 58. The van der Waals surface area contributed by atoms with E-state index in [0.717, 1.165) is 62.2 Å². The average Bonchev–Trinajstić information content (AvgIpc) is 3.52. The van der Waals surface area contributed by atoms with Gasteiger partial charge in [-0.1, -0.05) is 419 Å². The summed E-state index contributed by atoms with van der Waals surface area (Å²) in [6.07, 6.45) is 101. The van der Waals surface area contributed by atoms with Gasteiger partial charge in [0.1, 0.15) is 0 Å². The lowest BCUT2D eigenvalue weighted by Crippen LogP contribution is -2.01. The second-order valence-electron chi connectivity index (χ2n) is 26.9. The molecular weight excluding hydrogens is 1030 g/mol. The van der Waals surface area contributed by atoms with E-state index in [2.05, 4.69) is 130 Å². The molecule has 0 radical (unpaired) electrons. The highest BCUT2D eigenvalue weighted by atomic mass is 16.3. The molecule has 0 bridgehead atoms. The largest absolute Gasteiger partial charge is 0.396 e. The third-order valence-electron chi connectivity index (χ3n) is 17.9. The van der Waals surface area contributed by atoms with Crippen LogP contribution in [-0.4, -0.2) is 23.4 Å². The normalized spacial score (nSPS) is 14.0. The van der Waals surface area contributed by atoms with Crippen LogP contribution in [0.2, 0.25) is 0 Å². The van der Waals surface area contributed by atoms with Crippen LogP contribution in [0.4, 0.5) is 0 Å². The van der Waals surface area contributed by atoms with Gasteiger partial charge < -0.3 is 10.2 Å². The molecule has 0 aromatic rings. The van der Waals surface area contributed by atoms with Gasteiger partial charge in [0.25, 0.3) is 0 Å². The molecule has 1 aliphatic carbocycles. The fraction of sp³-hybridized carbons (Fsp3) is 0.880. The van der Waals surface area contributed by atoms with Gasteiger partial charge in [-0.25, -0.2) is 0 Å². The summed E-state index contributed by atoms with van der Waals surface area (Å²) in [4.78, 5) is 0. The van der Waals surface area contributed by atoms with Crippen LogP contribution in [0, 0.1) is 23.7 Å². The SMILES string of the molecule is C1CCCCC1.CC/C=C\C/C=C\C/C=C\CCCCCCCO.CCCC(C)CCCC(CC)CCCCCCCC(C)CCCC(C)CC.CCCCC/C=C\C/C=C\CCCCCCCO.CCCCCCCCCCCCCCCC. The van der Waals surface area contributed by atoms with Gasteiger partial charge in [-0.05, 0) is 101 Å². The first-order chi connectivity index (χ1) is 41.8. The Labute approximate surface area is 540 Å². The van der Waals surface area contributed by atoms with Crippen LogP contribution in [-0.2, 0) is 0 Å². The quantitative estimate of drug-likeness (QED) is 0.0471. The number of allylic oxidation sites excluding steroid dienone is 10. The van der Waals surface area contributed by atoms with Gasteiger partial charge in [0, 0.05) is 13.2 Å². The topological polar surface area (TPSA) is 40.5 Å². The predicted octanol–water partition coefficient (Wildman–Crippen LogP) is 29.6. The van der Waals surface area contributed by atoms with Crippen LogP contribution in [0.25, 0.3) is 0 Å². The van der Waals surface area contributed by atoms with Crippen LogP contribution in [0.5, 0.6) is 0 Å².